The number of carbonyl (C=O) groups is 1. The number of nitrogens with one attached hydrogen (secondary N) is 1. The number of aromatic nitrogens is 4. The Balaban J connectivity index is 1.29. The fraction of sp³-hybridized carbons (Fsp3) is 0.652. The Morgan fingerprint density at radius 3 is 2.69 bits per heavy atom. The average molecular weight is 441 g/mol. The van der Waals surface area contributed by atoms with E-state index in [-0.39, 0.29) is 30.7 Å². The third kappa shape index (κ3) is 3.99. The molecule has 2 aliphatic heterocycles. The average Bonchev–Trinajstić information content (AvgIpc) is 3.32. The molecule has 1 spiro atoms. The molecule has 0 radical (unpaired) electrons. The highest BCUT2D eigenvalue weighted by Crippen LogP contribution is 2.39. The molecular formula is C23H32N6O3. The maximum absolute atomic E-state index is 12.3. The van der Waals surface area contributed by atoms with Crippen LogP contribution < -0.4 is 10.2 Å². The number of aryl methyl sites for hydroxylation is 1. The van der Waals surface area contributed by atoms with Crippen molar-refractivity contribution in [1.29, 1.82) is 0 Å². The van der Waals surface area contributed by atoms with Crippen LogP contribution in [0.1, 0.15) is 50.5 Å². The summed E-state index contributed by atoms with van der Waals surface area (Å²) in [7, 11) is 1.84. The van der Waals surface area contributed by atoms with Gasteiger partial charge in [0.1, 0.15) is 6.61 Å². The number of nitrogens with zero attached hydrogens (tertiary/aromatic N) is 5. The van der Waals surface area contributed by atoms with Crippen LogP contribution in [0.15, 0.2) is 30.3 Å². The summed E-state index contributed by atoms with van der Waals surface area (Å²) in [5.74, 6) is 1.23. The zero-order valence-electron chi connectivity index (χ0n) is 18.8. The van der Waals surface area contributed by atoms with Gasteiger partial charge in [-0.15, -0.1) is 0 Å². The van der Waals surface area contributed by atoms with Crippen molar-refractivity contribution in [1.82, 2.24) is 25.5 Å². The maximum atomic E-state index is 12.3. The Hall–Kier alpha value is -2.52. The number of ether oxygens (including phenoxy) is 2. The molecule has 2 aromatic rings. The van der Waals surface area contributed by atoms with Gasteiger partial charge >= 0.3 is 0 Å². The second-order valence-electron chi connectivity index (χ2n) is 9.49. The van der Waals surface area contributed by atoms with Crippen molar-refractivity contribution < 1.29 is 14.3 Å². The Labute approximate surface area is 188 Å². The molecule has 1 amide bonds. The molecule has 32 heavy (non-hydrogen) atoms. The first-order valence-corrected chi connectivity index (χ1v) is 11.6. The number of carbonyl (C=O) groups excluding carboxylic acids is 1. The van der Waals surface area contributed by atoms with Crippen LogP contribution in [0.2, 0.25) is 0 Å². The van der Waals surface area contributed by atoms with E-state index in [1.54, 1.807) is 4.68 Å². The molecule has 3 atom stereocenters. The van der Waals surface area contributed by atoms with Crippen molar-refractivity contribution in [3.05, 3.63) is 35.9 Å². The second kappa shape index (κ2) is 8.78. The van der Waals surface area contributed by atoms with Crippen molar-refractivity contribution in [3.8, 4) is 0 Å². The van der Waals surface area contributed by atoms with E-state index in [1.807, 2.05) is 7.05 Å². The molecule has 1 saturated carbocycles. The highest BCUT2D eigenvalue weighted by Gasteiger charge is 2.55. The van der Waals surface area contributed by atoms with Gasteiger partial charge in [0.15, 0.2) is 0 Å². The first kappa shape index (κ1) is 21.3. The van der Waals surface area contributed by atoms with Gasteiger partial charge in [0.2, 0.25) is 11.9 Å². The summed E-state index contributed by atoms with van der Waals surface area (Å²) in [5, 5.41) is 15.3. The van der Waals surface area contributed by atoms with Gasteiger partial charge in [0, 0.05) is 13.1 Å². The number of rotatable bonds is 5. The van der Waals surface area contributed by atoms with Crippen LogP contribution in [-0.4, -0.2) is 69.7 Å². The van der Waals surface area contributed by atoms with Gasteiger partial charge in [0.05, 0.1) is 30.9 Å². The fourth-order valence-corrected chi connectivity index (χ4v) is 5.84. The Morgan fingerprint density at radius 2 is 2.00 bits per heavy atom. The molecule has 1 N–H and O–H groups in total. The second-order valence-corrected chi connectivity index (χ2v) is 9.49. The van der Waals surface area contributed by atoms with Crippen molar-refractivity contribution in [2.24, 2.45) is 7.05 Å². The smallest absolute Gasteiger partial charge is 0.246 e. The third-order valence-electron chi connectivity index (χ3n) is 7.35. The van der Waals surface area contributed by atoms with Crippen molar-refractivity contribution in [2.75, 3.05) is 24.7 Å². The fourth-order valence-electron chi connectivity index (χ4n) is 5.84. The number of benzene rings is 1. The van der Waals surface area contributed by atoms with Crippen LogP contribution >= 0.6 is 0 Å². The minimum Gasteiger partial charge on any atom is -0.376 e. The summed E-state index contributed by atoms with van der Waals surface area (Å²) in [4.78, 5) is 14.5. The third-order valence-corrected chi connectivity index (χ3v) is 7.35. The predicted molar refractivity (Wildman–Crippen MR) is 118 cm³/mol. The van der Waals surface area contributed by atoms with E-state index in [1.165, 1.54) is 5.56 Å². The maximum Gasteiger partial charge on any atom is 0.246 e. The van der Waals surface area contributed by atoms with E-state index >= 15 is 0 Å². The molecule has 172 valence electrons. The van der Waals surface area contributed by atoms with E-state index in [0.29, 0.717) is 25.1 Å². The van der Waals surface area contributed by atoms with Crippen molar-refractivity contribution in [2.45, 2.75) is 68.7 Å². The van der Waals surface area contributed by atoms with Gasteiger partial charge < -0.3 is 19.7 Å². The highest BCUT2D eigenvalue weighted by molar-refractivity contribution is 5.79. The first-order chi connectivity index (χ1) is 15.6. The van der Waals surface area contributed by atoms with Gasteiger partial charge in [-0.05, 0) is 60.9 Å². The molecule has 0 bridgehead atoms. The summed E-state index contributed by atoms with van der Waals surface area (Å²) in [5.41, 5.74) is 0.930. The highest BCUT2D eigenvalue weighted by atomic mass is 16.5. The largest absolute Gasteiger partial charge is 0.376 e. The lowest BCUT2D eigenvalue weighted by Crippen LogP contribution is -2.65. The molecule has 3 aliphatic rings. The lowest BCUT2D eigenvalue weighted by molar-refractivity contribution is -0.136. The molecule has 0 unspecified atom stereocenters. The van der Waals surface area contributed by atoms with E-state index in [2.05, 4.69) is 63.0 Å². The van der Waals surface area contributed by atoms with Crippen LogP contribution in [0.3, 0.4) is 0 Å². The molecule has 1 aromatic carbocycles. The lowest BCUT2D eigenvalue weighted by atomic mass is 9.82. The quantitative estimate of drug-likeness (QED) is 0.758. The lowest BCUT2D eigenvalue weighted by Gasteiger charge is -2.41. The van der Waals surface area contributed by atoms with Crippen molar-refractivity contribution >= 4 is 11.9 Å². The number of hydrogen-bond donors (Lipinski definition) is 1. The first-order valence-electron chi connectivity index (χ1n) is 11.6. The summed E-state index contributed by atoms with van der Waals surface area (Å²) in [6.07, 6.45) is 5.35. The van der Waals surface area contributed by atoms with Crippen LogP contribution in [0.25, 0.3) is 0 Å². The molecular weight excluding hydrogens is 408 g/mol. The van der Waals surface area contributed by atoms with Crippen LogP contribution in [0, 0.1) is 0 Å². The van der Waals surface area contributed by atoms with E-state index in [9.17, 15) is 4.79 Å². The summed E-state index contributed by atoms with van der Waals surface area (Å²) in [6, 6.07) is 10.8. The number of tetrazole rings is 1. The minimum absolute atomic E-state index is 0.0743. The molecule has 1 aromatic heterocycles. The Bertz CT molecular complexity index is 929. The number of amides is 1. The molecule has 3 fully saturated rings. The van der Waals surface area contributed by atoms with E-state index in [0.717, 1.165) is 32.1 Å². The molecule has 1 aliphatic carbocycles. The van der Waals surface area contributed by atoms with Crippen molar-refractivity contribution in [3.63, 3.8) is 0 Å². The molecule has 3 heterocycles. The summed E-state index contributed by atoms with van der Waals surface area (Å²) >= 11 is 0. The Kier molecular flexibility index (Phi) is 5.86. The number of hydrogen-bond acceptors (Lipinski definition) is 7. The Morgan fingerprint density at radius 1 is 1.22 bits per heavy atom. The zero-order chi connectivity index (χ0) is 22.1. The van der Waals surface area contributed by atoms with Gasteiger partial charge in [-0.25, -0.2) is 4.68 Å². The topological polar surface area (TPSA) is 94.4 Å². The van der Waals surface area contributed by atoms with Gasteiger partial charge in [0.25, 0.3) is 0 Å². The predicted octanol–water partition coefficient (Wildman–Crippen LogP) is 1.81. The molecule has 2 saturated heterocycles. The van der Waals surface area contributed by atoms with Gasteiger partial charge in [-0.3, -0.25) is 4.79 Å². The van der Waals surface area contributed by atoms with Gasteiger partial charge in [-0.1, -0.05) is 35.4 Å². The molecule has 9 heteroatoms. The normalized spacial score (nSPS) is 32.9. The standard InChI is InChI=1S/C23H32N6O3/c1-16-12-23(15-31-14-21(30)24-23)20(29(16)22-25-26-27-28(22)2)13-32-19-10-8-18(9-11-19)17-6-4-3-5-7-17/h3-7,16,18-20H,8-15H2,1-2H3,(H,24,30)/t16-,18?,19?,20+,23-/m1/s1. The van der Waals surface area contributed by atoms with Crippen LogP contribution in [0.4, 0.5) is 5.95 Å². The summed E-state index contributed by atoms with van der Waals surface area (Å²) in [6.45, 7) is 3.22. The minimum atomic E-state index is -0.498. The van der Waals surface area contributed by atoms with Crippen LogP contribution in [-0.2, 0) is 21.3 Å². The monoisotopic (exact) mass is 440 g/mol. The zero-order valence-corrected chi connectivity index (χ0v) is 18.8. The van der Waals surface area contributed by atoms with E-state index in [4.69, 9.17) is 9.47 Å². The number of anilines is 1. The van der Waals surface area contributed by atoms with Gasteiger partial charge in [-0.2, -0.15) is 0 Å². The number of morpholine rings is 1. The summed E-state index contributed by atoms with van der Waals surface area (Å²) < 4.78 is 13.9. The molecule has 5 rings (SSSR count). The SMILES string of the molecule is C[C@@H]1C[C@@]2(COCC(=O)N2)[C@H](COC2CCC(c3ccccc3)CC2)N1c1nnnn1C. The molecule has 9 nitrogen and oxygen atoms in total. The van der Waals surface area contributed by atoms with Crippen LogP contribution in [0.5, 0.6) is 0 Å². The van der Waals surface area contributed by atoms with E-state index < -0.39 is 5.54 Å².